The maximum atomic E-state index is 10.8. The molecule has 0 aliphatic heterocycles. The lowest BCUT2D eigenvalue weighted by molar-refractivity contribution is 0.0694. The molecule has 0 fully saturated rings. The van der Waals surface area contributed by atoms with Crippen molar-refractivity contribution >= 4 is 5.97 Å². The maximum absolute atomic E-state index is 10.8. The Morgan fingerprint density at radius 1 is 1.79 bits per heavy atom. The van der Waals surface area contributed by atoms with Gasteiger partial charge in [-0.05, 0) is 18.1 Å². The molecule has 0 spiro atoms. The van der Waals surface area contributed by atoms with E-state index in [9.17, 15) is 4.79 Å². The average molecular weight is 192 g/mol. The normalized spacial score (nSPS) is 12.1. The summed E-state index contributed by atoms with van der Waals surface area (Å²) in [4.78, 5) is 14.6. The lowest BCUT2D eigenvalue weighted by Gasteiger charge is -2.11. The minimum atomic E-state index is -1.01. The number of rotatable bonds is 4. The van der Waals surface area contributed by atoms with Crippen molar-refractivity contribution in [2.45, 2.75) is 12.5 Å². The second kappa shape index (κ2) is 4.53. The van der Waals surface area contributed by atoms with E-state index in [1.54, 1.807) is 12.1 Å². The van der Waals surface area contributed by atoms with Gasteiger partial charge in [0.25, 0.3) is 0 Å². The molecule has 0 bridgehead atoms. The van der Waals surface area contributed by atoms with Crippen LogP contribution in [0.1, 0.15) is 28.4 Å². The molecule has 74 valence electrons. The molecule has 0 saturated heterocycles. The van der Waals surface area contributed by atoms with Crippen molar-refractivity contribution in [3.8, 4) is 0 Å². The SMILES string of the molecule is C=CCC(N)c1ccncc1C(=O)O. The van der Waals surface area contributed by atoms with Crippen LogP contribution in [-0.4, -0.2) is 16.1 Å². The first-order valence-electron chi connectivity index (χ1n) is 4.20. The summed E-state index contributed by atoms with van der Waals surface area (Å²) in [7, 11) is 0. The van der Waals surface area contributed by atoms with Gasteiger partial charge >= 0.3 is 5.97 Å². The van der Waals surface area contributed by atoms with Gasteiger partial charge in [0.15, 0.2) is 0 Å². The highest BCUT2D eigenvalue weighted by atomic mass is 16.4. The Morgan fingerprint density at radius 3 is 3.07 bits per heavy atom. The van der Waals surface area contributed by atoms with E-state index >= 15 is 0 Å². The zero-order valence-corrected chi connectivity index (χ0v) is 7.68. The minimum absolute atomic E-state index is 0.154. The van der Waals surface area contributed by atoms with Gasteiger partial charge < -0.3 is 10.8 Å². The van der Waals surface area contributed by atoms with Gasteiger partial charge in [0.1, 0.15) is 0 Å². The summed E-state index contributed by atoms with van der Waals surface area (Å²) in [5.41, 5.74) is 6.53. The molecule has 4 nitrogen and oxygen atoms in total. The molecule has 1 atom stereocenters. The highest BCUT2D eigenvalue weighted by Crippen LogP contribution is 2.17. The fourth-order valence-electron chi connectivity index (χ4n) is 1.21. The molecule has 0 aliphatic rings. The molecule has 1 aromatic heterocycles. The number of carboxylic acids is 1. The van der Waals surface area contributed by atoms with Gasteiger partial charge in [-0.2, -0.15) is 0 Å². The molecule has 1 aromatic rings. The van der Waals surface area contributed by atoms with Gasteiger partial charge in [-0.25, -0.2) is 4.79 Å². The molecule has 0 amide bonds. The number of hydrogen-bond donors (Lipinski definition) is 2. The predicted molar refractivity (Wildman–Crippen MR) is 52.9 cm³/mol. The minimum Gasteiger partial charge on any atom is -0.478 e. The van der Waals surface area contributed by atoms with E-state index in [2.05, 4.69) is 11.6 Å². The number of carboxylic acid groups (broad SMARTS) is 1. The van der Waals surface area contributed by atoms with Gasteiger partial charge in [-0.15, -0.1) is 6.58 Å². The molecular weight excluding hydrogens is 180 g/mol. The number of hydrogen-bond acceptors (Lipinski definition) is 3. The molecule has 3 N–H and O–H groups in total. The van der Waals surface area contributed by atoms with Gasteiger partial charge in [0.2, 0.25) is 0 Å². The van der Waals surface area contributed by atoms with Crippen molar-refractivity contribution in [3.63, 3.8) is 0 Å². The summed E-state index contributed by atoms with van der Waals surface area (Å²) in [6.45, 7) is 3.56. The van der Waals surface area contributed by atoms with Crippen molar-refractivity contribution < 1.29 is 9.90 Å². The summed E-state index contributed by atoms with van der Waals surface area (Å²) < 4.78 is 0. The summed E-state index contributed by atoms with van der Waals surface area (Å²) >= 11 is 0. The van der Waals surface area contributed by atoms with E-state index < -0.39 is 5.97 Å². The number of aromatic carboxylic acids is 1. The standard InChI is InChI=1S/C10H12N2O2/c1-2-3-9(11)7-4-5-12-6-8(7)10(13)14/h2,4-6,9H,1,3,11H2,(H,13,14). The number of nitrogens with two attached hydrogens (primary N) is 1. The van der Waals surface area contributed by atoms with Crippen molar-refractivity contribution in [2.75, 3.05) is 0 Å². The first kappa shape index (κ1) is 10.4. The zero-order valence-electron chi connectivity index (χ0n) is 7.68. The molecule has 4 heteroatoms. The molecule has 0 aliphatic carbocycles. The van der Waals surface area contributed by atoms with Crippen LogP contribution in [0.4, 0.5) is 0 Å². The van der Waals surface area contributed by atoms with Crippen LogP contribution in [0.15, 0.2) is 31.1 Å². The third-order valence-corrected chi connectivity index (χ3v) is 1.91. The Bertz CT molecular complexity index is 350. The van der Waals surface area contributed by atoms with Crippen LogP contribution in [0.2, 0.25) is 0 Å². The van der Waals surface area contributed by atoms with Gasteiger partial charge in [0, 0.05) is 18.4 Å². The zero-order chi connectivity index (χ0) is 10.6. The molecule has 1 rings (SSSR count). The Labute approximate surface area is 82.1 Å². The van der Waals surface area contributed by atoms with Crippen molar-refractivity contribution in [1.82, 2.24) is 4.98 Å². The first-order chi connectivity index (χ1) is 6.66. The molecular formula is C10H12N2O2. The highest BCUT2D eigenvalue weighted by Gasteiger charge is 2.14. The van der Waals surface area contributed by atoms with Gasteiger partial charge in [-0.3, -0.25) is 4.98 Å². The average Bonchev–Trinajstić information content (AvgIpc) is 2.18. The topological polar surface area (TPSA) is 76.2 Å². The summed E-state index contributed by atoms with van der Waals surface area (Å²) in [5, 5.41) is 8.86. The quantitative estimate of drug-likeness (QED) is 0.706. The van der Waals surface area contributed by atoms with Crippen molar-refractivity contribution in [3.05, 3.63) is 42.2 Å². The third kappa shape index (κ3) is 2.17. The van der Waals surface area contributed by atoms with Gasteiger partial charge in [0.05, 0.1) is 5.56 Å². The van der Waals surface area contributed by atoms with Crippen LogP contribution in [-0.2, 0) is 0 Å². The number of aromatic nitrogens is 1. The van der Waals surface area contributed by atoms with E-state index in [1.165, 1.54) is 12.4 Å². The second-order valence-electron chi connectivity index (χ2n) is 2.90. The van der Waals surface area contributed by atoms with Crippen molar-refractivity contribution in [1.29, 1.82) is 0 Å². The van der Waals surface area contributed by atoms with Crippen LogP contribution in [0.5, 0.6) is 0 Å². The summed E-state index contributed by atoms with van der Waals surface area (Å²) in [6.07, 6.45) is 5.05. The molecule has 0 aromatic carbocycles. The van der Waals surface area contributed by atoms with E-state index in [4.69, 9.17) is 10.8 Å². The first-order valence-corrected chi connectivity index (χ1v) is 4.20. The second-order valence-corrected chi connectivity index (χ2v) is 2.90. The maximum Gasteiger partial charge on any atom is 0.337 e. The Balaban J connectivity index is 3.06. The number of pyridine rings is 1. The Morgan fingerprint density at radius 2 is 2.50 bits per heavy atom. The predicted octanol–water partition coefficient (Wildman–Crippen LogP) is 1.36. The smallest absolute Gasteiger partial charge is 0.337 e. The van der Waals surface area contributed by atoms with Crippen LogP contribution < -0.4 is 5.73 Å². The molecule has 1 heterocycles. The molecule has 0 radical (unpaired) electrons. The number of nitrogens with zero attached hydrogens (tertiary/aromatic N) is 1. The molecule has 1 unspecified atom stereocenters. The van der Waals surface area contributed by atoms with Crippen molar-refractivity contribution in [2.24, 2.45) is 5.73 Å². The lowest BCUT2D eigenvalue weighted by atomic mass is 10.0. The summed E-state index contributed by atoms with van der Waals surface area (Å²) in [5.74, 6) is -1.01. The molecule has 0 saturated carbocycles. The largest absolute Gasteiger partial charge is 0.478 e. The Hall–Kier alpha value is -1.68. The van der Waals surface area contributed by atoms with Crippen LogP contribution in [0, 0.1) is 0 Å². The fourth-order valence-corrected chi connectivity index (χ4v) is 1.21. The monoisotopic (exact) mass is 192 g/mol. The number of carbonyl (C=O) groups is 1. The van der Waals surface area contributed by atoms with E-state index in [0.29, 0.717) is 12.0 Å². The Kier molecular flexibility index (Phi) is 3.36. The lowest BCUT2D eigenvalue weighted by Crippen LogP contribution is -2.14. The van der Waals surface area contributed by atoms with Crippen LogP contribution in [0.25, 0.3) is 0 Å². The highest BCUT2D eigenvalue weighted by molar-refractivity contribution is 5.89. The van der Waals surface area contributed by atoms with Gasteiger partial charge in [-0.1, -0.05) is 6.08 Å². The third-order valence-electron chi connectivity index (χ3n) is 1.91. The fraction of sp³-hybridized carbons (Fsp3) is 0.200. The summed E-state index contributed by atoms with van der Waals surface area (Å²) in [6, 6.07) is 1.29. The van der Waals surface area contributed by atoms with E-state index in [0.717, 1.165) is 0 Å². The van der Waals surface area contributed by atoms with Crippen LogP contribution >= 0.6 is 0 Å². The van der Waals surface area contributed by atoms with E-state index in [1.807, 2.05) is 0 Å². The van der Waals surface area contributed by atoms with E-state index in [-0.39, 0.29) is 11.6 Å². The van der Waals surface area contributed by atoms with Crippen LogP contribution in [0.3, 0.4) is 0 Å². The molecule has 14 heavy (non-hydrogen) atoms.